The molecule has 0 bridgehead atoms. The third-order valence-electron chi connectivity index (χ3n) is 4.03. The summed E-state index contributed by atoms with van der Waals surface area (Å²) in [4.78, 5) is 12.0. The van der Waals surface area contributed by atoms with Gasteiger partial charge < -0.3 is 14.8 Å². The topological polar surface area (TPSA) is 47.6 Å². The number of hydrogen-bond donors (Lipinski definition) is 1. The van der Waals surface area contributed by atoms with Crippen LogP contribution >= 0.6 is 0 Å². The van der Waals surface area contributed by atoms with Crippen molar-refractivity contribution < 1.29 is 14.3 Å². The molecule has 1 N–H and O–H groups in total. The highest BCUT2D eigenvalue weighted by Crippen LogP contribution is 2.33. The molecule has 1 aliphatic heterocycles. The molecule has 120 valence electrons. The molecule has 23 heavy (non-hydrogen) atoms. The second kappa shape index (κ2) is 7.18. The fourth-order valence-electron chi connectivity index (χ4n) is 2.63. The van der Waals surface area contributed by atoms with Gasteiger partial charge in [-0.3, -0.25) is 4.79 Å². The van der Waals surface area contributed by atoms with E-state index in [4.69, 9.17) is 9.47 Å². The lowest BCUT2D eigenvalue weighted by Gasteiger charge is -2.20. The van der Waals surface area contributed by atoms with Crippen LogP contribution in [0.4, 0.5) is 0 Å². The van der Waals surface area contributed by atoms with Gasteiger partial charge in [-0.25, -0.2) is 0 Å². The van der Waals surface area contributed by atoms with E-state index >= 15 is 0 Å². The number of carbonyl (C=O) groups is 1. The molecule has 4 heteroatoms. The number of benzene rings is 2. The van der Waals surface area contributed by atoms with Crippen LogP contribution < -0.4 is 14.8 Å². The van der Waals surface area contributed by atoms with E-state index in [9.17, 15) is 4.79 Å². The minimum Gasteiger partial charge on any atom is -0.486 e. The highest BCUT2D eigenvalue weighted by molar-refractivity contribution is 5.94. The summed E-state index contributed by atoms with van der Waals surface area (Å²) in [5.74, 6) is 1.93. The smallest absolute Gasteiger partial charge is 0.251 e. The SMILES string of the molecule is CC(CCNC(=O)c1ccccc1)c1ccc2c(c1)OCCO2. The number of amides is 1. The van der Waals surface area contributed by atoms with Gasteiger partial charge in [-0.15, -0.1) is 0 Å². The maximum Gasteiger partial charge on any atom is 0.251 e. The van der Waals surface area contributed by atoms with Gasteiger partial charge in [-0.1, -0.05) is 31.2 Å². The average Bonchev–Trinajstić information content (AvgIpc) is 2.61. The first-order chi connectivity index (χ1) is 11.2. The second-order valence-corrected chi connectivity index (χ2v) is 5.71. The Morgan fingerprint density at radius 2 is 1.83 bits per heavy atom. The van der Waals surface area contributed by atoms with Crippen molar-refractivity contribution in [2.24, 2.45) is 0 Å². The number of carbonyl (C=O) groups excluding carboxylic acids is 1. The van der Waals surface area contributed by atoms with E-state index in [0.29, 0.717) is 31.2 Å². The van der Waals surface area contributed by atoms with E-state index in [2.05, 4.69) is 18.3 Å². The molecule has 1 amide bonds. The molecule has 0 aromatic heterocycles. The predicted molar refractivity (Wildman–Crippen MR) is 89.2 cm³/mol. The highest BCUT2D eigenvalue weighted by atomic mass is 16.6. The van der Waals surface area contributed by atoms with Crippen molar-refractivity contribution in [2.45, 2.75) is 19.3 Å². The summed E-state index contributed by atoms with van der Waals surface area (Å²) >= 11 is 0. The minimum atomic E-state index is -0.0278. The number of nitrogens with one attached hydrogen (secondary N) is 1. The van der Waals surface area contributed by atoms with E-state index in [-0.39, 0.29) is 5.91 Å². The Hall–Kier alpha value is -2.49. The van der Waals surface area contributed by atoms with Crippen LogP contribution in [-0.2, 0) is 0 Å². The van der Waals surface area contributed by atoms with E-state index < -0.39 is 0 Å². The van der Waals surface area contributed by atoms with E-state index in [1.807, 2.05) is 42.5 Å². The Bertz CT molecular complexity index is 670. The molecular weight excluding hydrogens is 290 g/mol. The third-order valence-corrected chi connectivity index (χ3v) is 4.03. The minimum absolute atomic E-state index is 0.0278. The summed E-state index contributed by atoms with van der Waals surface area (Å²) < 4.78 is 11.2. The van der Waals surface area contributed by atoms with Crippen molar-refractivity contribution in [3.05, 3.63) is 59.7 Å². The van der Waals surface area contributed by atoms with Gasteiger partial charge in [-0.2, -0.15) is 0 Å². The molecule has 1 atom stereocenters. The third kappa shape index (κ3) is 3.83. The van der Waals surface area contributed by atoms with Gasteiger partial charge in [0.05, 0.1) is 0 Å². The van der Waals surface area contributed by atoms with E-state index in [1.165, 1.54) is 5.56 Å². The Morgan fingerprint density at radius 3 is 2.61 bits per heavy atom. The molecule has 0 radical (unpaired) electrons. The van der Waals surface area contributed by atoms with Crippen LogP contribution in [0.3, 0.4) is 0 Å². The lowest BCUT2D eigenvalue weighted by Crippen LogP contribution is -2.25. The van der Waals surface area contributed by atoms with Gasteiger partial charge in [0.2, 0.25) is 0 Å². The largest absolute Gasteiger partial charge is 0.486 e. The Balaban J connectivity index is 1.53. The fourth-order valence-corrected chi connectivity index (χ4v) is 2.63. The van der Waals surface area contributed by atoms with Crippen molar-refractivity contribution >= 4 is 5.91 Å². The summed E-state index contributed by atoms with van der Waals surface area (Å²) in [6.07, 6.45) is 0.873. The lowest BCUT2D eigenvalue weighted by atomic mass is 9.97. The summed E-state index contributed by atoms with van der Waals surface area (Å²) in [7, 11) is 0. The van der Waals surface area contributed by atoms with Crippen LogP contribution in [0.1, 0.15) is 35.2 Å². The second-order valence-electron chi connectivity index (χ2n) is 5.71. The van der Waals surface area contributed by atoms with Crippen LogP contribution in [0.2, 0.25) is 0 Å². The molecule has 2 aromatic rings. The van der Waals surface area contributed by atoms with Crippen molar-refractivity contribution in [1.82, 2.24) is 5.32 Å². The lowest BCUT2D eigenvalue weighted by molar-refractivity contribution is 0.0952. The van der Waals surface area contributed by atoms with Crippen molar-refractivity contribution in [2.75, 3.05) is 19.8 Å². The van der Waals surface area contributed by atoms with Gasteiger partial charge >= 0.3 is 0 Å². The Morgan fingerprint density at radius 1 is 1.09 bits per heavy atom. The van der Waals surface area contributed by atoms with E-state index in [0.717, 1.165) is 17.9 Å². The maximum atomic E-state index is 12.0. The van der Waals surface area contributed by atoms with Gasteiger partial charge in [0.25, 0.3) is 5.91 Å². The van der Waals surface area contributed by atoms with Gasteiger partial charge in [0.1, 0.15) is 13.2 Å². The standard InChI is InChI=1S/C19H21NO3/c1-14(9-10-20-19(21)15-5-3-2-4-6-15)16-7-8-17-18(13-16)23-12-11-22-17/h2-8,13-14H,9-12H2,1H3,(H,20,21). The van der Waals surface area contributed by atoms with Crippen LogP contribution in [0.25, 0.3) is 0 Å². The Kier molecular flexibility index (Phi) is 4.81. The van der Waals surface area contributed by atoms with Gasteiger partial charge in [0, 0.05) is 12.1 Å². The molecule has 0 aliphatic carbocycles. The molecule has 0 fully saturated rings. The highest BCUT2D eigenvalue weighted by Gasteiger charge is 2.14. The maximum absolute atomic E-state index is 12.0. The quantitative estimate of drug-likeness (QED) is 0.921. The van der Waals surface area contributed by atoms with Crippen LogP contribution in [0.5, 0.6) is 11.5 Å². The zero-order valence-electron chi connectivity index (χ0n) is 13.2. The van der Waals surface area contributed by atoms with Crippen molar-refractivity contribution in [1.29, 1.82) is 0 Å². The molecule has 0 spiro atoms. The molecule has 3 rings (SSSR count). The van der Waals surface area contributed by atoms with Crippen LogP contribution in [0, 0.1) is 0 Å². The molecule has 1 aliphatic rings. The summed E-state index contributed by atoms with van der Waals surface area (Å²) in [6, 6.07) is 15.3. The number of ether oxygens (including phenoxy) is 2. The molecular formula is C19H21NO3. The zero-order valence-corrected chi connectivity index (χ0v) is 13.2. The van der Waals surface area contributed by atoms with Crippen molar-refractivity contribution in [3.8, 4) is 11.5 Å². The first-order valence-corrected chi connectivity index (χ1v) is 7.97. The molecule has 1 heterocycles. The molecule has 2 aromatic carbocycles. The first-order valence-electron chi connectivity index (χ1n) is 7.97. The number of hydrogen-bond acceptors (Lipinski definition) is 3. The summed E-state index contributed by atoms with van der Waals surface area (Å²) in [5, 5.41) is 2.97. The monoisotopic (exact) mass is 311 g/mol. The van der Waals surface area contributed by atoms with Gasteiger partial charge in [-0.05, 0) is 42.2 Å². The molecule has 1 unspecified atom stereocenters. The zero-order chi connectivity index (χ0) is 16.1. The predicted octanol–water partition coefficient (Wildman–Crippen LogP) is 3.38. The first kappa shape index (κ1) is 15.4. The summed E-state index contributed by atoms with van der Waals surface area (Å²) in [6.45, 7) is 3.99. The van der Waals surface area contributed by atoms with E-state index in [1.54, 1.807) is 0 Å². The normalized spacial score (nSPS) is 14.1. The number of rotatable bonds is 5. The van der Waals surface area contributed by atoms with Crippen LogP contribution in [0.15, 0.2) is 48.5 Å². The number of fused-ring (bicyclic) bond motifs is 1. The Labute approximate surface area is 136 Å². The van der Waals surface area contributed by atoms with Gasteiger partial charge in [0.15, 0.2) is 11.5 Å². The fraction of sp³-hybridized carbons (Fsp3) is 0.316. The summed E-state index contributed by atoms with van der Waals surface area (Å²) in [5.41, 5.74) is 1.89. The molecule has 0 saturated heterocycles. The van der Waals surface area contributed by atoms with Crippen LogP contribution in [-0.4, -0.2) is 25.7 Å². The molecule has 4 nitrogen and oxygen atoms in total. The van der Waals surface area contributed by atoms with Crippen molar-refractivity contribution in [3.63, 3.8) is 0 Å². The molecule has 0 saturated carbocycles. The average molecular weight is 311 g/mol.